The van der Waals surface area contributed by atoms with Crippen LogP contribution in [0.4, 0.5) is 16.6 Å². The highest BCUT2D eigenvalue weighted by Gasteiger charge is 2.36. The second kappa shape index (κ2) is 4.80. The maximum absolute atomic E-state index is 12.1. The fraction of sp³-hybridized carbons (Fsp3) is 0.444. The lowest BCUT2D eigenvalue weighted by Crippen LogP contribution is -2.41. The molecule has 102 valence electrons. The number of carbonyl (C=O) groups excluding carboxylic acids is 1. The number of nitrogens with zero attached hydrogens (tertiary/aromatic N) is 5. The highest BCUT2D eigenvalue weighted by atomic mass is 32.1. The molecule has 2 heterocycles. The number of nitrogens with one attached hydrogen (secondary N) is 1. The summed E-state index contributed by atoms with van der Waals surface area (Å²) in [5.74, 6) is 0.0653. The molecule has 0 saturated carbocycles. The van der Waals surface area contributed by atoms with Crippen molar-refractivity contribution >= 4 is 35.1 Å². The lowest BCUT2D eigenvalue weighted by atomic mass is 10.6. The van der Waals surface area contributed by atoms with Crippen LogP contribution < -0.4 is 10.2 Å². The maximum Gasteiger partial charge on any atom is 0.344 e. The number of rotatable bonds is 2. The van der Waals surface area contributed by atoms with Crippen LogP contribution in [0, 0.1) is 10.1 Å². The monoisotopic (exact) mass is 284 g/mol. The van der Waals surface area contributed by atoms with Gasteiger partial charge in [0.15, 0.2) is 5.11 Å². The van der Waals surface area contributed by atoms with Gasteiger partial charge in [0.05, 0.1) is 13.6 Å². The second-order valence-electron chi connectivity index (χ2n) is 3.87. The highest BCUT2D eigenvalue weighted by molar-refractivity contribution is 7.80. The second-order valence-corrected chi connectivity index (χ2v) is 4.26. The largest absolute Gasteiger partial charge is 0.365 e. The summed E-state index contributed by atoms with van der Waals surface area (Å²) < 4.78 is 1.27. The smallest absolute Gasteiger partial charge is 0.344 e. The third kappa shape index (κ3) is 2.10. The molecule has 0 bridgehead atoms. The van der Waals surface area contributed by atoms with E-state index < -0.39 is 4.92 Å². The number of anilines is 1. The molecule has 1 aromatic heterocycles. The van der Waals surface area contributed by atoms with Gasteiger partial charge < -0.3 is 15.4 Å². The lowest BCUT2D eigenvalue weighted by Gasteiger charge is -2.16. The molecule has 2 amide bonds. The van der Waals surface area contributed by atoms with Crippen LogP contribution in [0.3, 0.4) is 0 Å². The van der Waals surface area contributed by atoms with Gasteiger partial charge >= 0.3 is 17.8 Å². The van der Waals surface area contributed by atoms with Gasteiger partial charge in [0, 0.05) is 13.6 Å². The first-order chi connectivity index (χ1) is 8.97. The Balaban J connectivity index is 2.27. The van der Waals surface area contributed by atoms with Crippen LogP contribution in [0.25, 0.3) is 0 Å². The van der Waals surface area contributed by atoms with E-state index in [0.29, 0.717) is 18.2 Å². The fourth-order valence-electron chi connectivity index (χ4n) is 1.86. The van der Waals surface area contributed by atoms with Crippen LogP contribution in [0.2, 0.25) is 0 Å². The Kier molecular flexibility index (Phi) is 3.34. The number of carbonyl (C=O) groups is 1. The predicted octanol–water partition coefficient (Wildman–Crippen LogP) is 0.0746. The summed E-state index contributed by atoms with van der Waals surface area (Å²) in [4.78, 5) is 29.0. The first-order valence-corrected chi connectivity index (χ1v) is 5.85. The summed E-state index contributed by atoms with van der Waals surface area (Å²) in [5, 5.41) is 13.8. The number of amides is 2. The predicted molar refractivity (Wildman–Crippen MR) is 71.0 cm³/mol. The van der Waals surface area contributed by atoms with Gasteiger partial charge in [0.25, 0.3) is 0 Å². The first kappa shape index (κ1) is 13.2. The van der Waals surface area contributed by atoms with Crippen molar-refractivity contribution < 1.29 is 9.72 Å². The Morgan fingerprint density at radius 2 is 2.26 bits per heavy atom. The molecular weight excluding hydrogens is 272 g/mol. The number of urea groups is 1. The van der Waals surface area contributed by atoms with Crippen LogP contribution in [0.1, 0.15) is 0 Å². The molecular formula is C9H12N6O3S. The van der Waals surface area contributed by atoms with Gasteiger partial charge in [-0.05, 0) is 17.1 Å². The Morgan fingerprint density at radius 3 is 2.79 bits per heavy atom. The molecule has 0 unspecified atom stereocenters. The molecule has 1 saturated heterocycles. The minimum atomic E-state index is -0.549. The number of nitro groups is 1. The molecule has 1 fully saturated rings. The van der Waals surface area contributed by atoms with Crippen LogP contribution in [0.15, 0.2) is 6.20 Å². The number of hydrogen-bond acceptors (Lipinski definition) is 5. The van der Waals surface area contributed by atoms with Gasteiger partial charge in [0.2, 0.25) is 0 Å². The van der Waals surface area contributed by atoms with E-state index in [0.717, 1.165) is 6.20 Å². The Labute approximate surface area is 113 Å². The Hall–Kier alpha value is -2.23. The van der Waals surface area contributed by atoms with Crippen molar-refractivity contribution in [1.82, 2.24) is 19.8 Å². The normalized spacial score (nSPS) is 14.9. The minimum Gasteiger partial charge on any atom is -0.365 e. The van der Waals surface area contributed by atoms with Crippen molar-refractivity contribution in [2.75, 3.05) is 25.0 Å². The van der Waals surface area contributed by atoms with Crippen molar-refractivity contribution in [3.8, 4) is 0 Å². The van der Waals surface area contributed by atoms with Gasteiger partial charge in [-0.15, -0.1) is 0 Å². The van der Waals surface area contributed by atoms with Crippen molar-refractivity contribution in [2.24, 2.45) is 7.05 Å². The summed E-state index contributed by atoms with van der Waals surface area (Å²) in [6, 6.07) is -0.344. The van der Waals surface area contributed by atoms with Crippen LogP contribution in [-0.2, 0) is 7.05 Å². The summed E-state index contributed by atoms with van der Waals surface area (Å²) in [7, 11) is 3.12. The Bertz CT molecular complexity index is 556. The number of imidazole rings is 1. The third-order valence-corrected chi connectivity index (χ3v) is 3.26. The standard InChI is InChI=1S/C9H12N6O3S/c1-10-8(19)14-4-3-13(9(14)16)7-11-5-6(12(7)2)15(17)18/h5H,3-4H2,1-2H3,(H,10,19). The van der Waals surface area contributed by atoms with E-state index in [-0.39, 0.29) is 17.8 Å². The van der Waals surface area contributed by atoms with Gasteiger partial charge in [-0.25, -0.2) is 9.69 Å². The number of aromatic nitrogens is 2. The van der Waals surface area contributed by atoms with Gasteiger partial charge in [-0.3, -0.25) is 4.90 Å². The van der Waals surface area contributed by atoms with Gasteiger partial charge in [-0.1, -0.05) is 0 Å². The van der Waals surface area contributed by atoms with E-state index in [1.807, 2.05) is 0 Å². The van der Waals surface area contributed by atoms with Crippen LogP contribution >= 0.6 is 12.2 Å². The van der Waals surface area contributed by atoms with Crippen molar-refractivity contribution in [3.05, 3.63) is 16.3 Å². The zero-order valence-corrected chi connectivity index (χ0v) is 11.2. The summed E-state index contributed by atoms with van der Waals surface area (Å²) in [6.07, 6.45) is 1.13. The molecule has 1 N–H and O–H groups in total. The molecule has 9 nitrogen and oxygen atoms in total. The van der Waals surface area contributed by atoms with E-state index in [9.17, 15) is 14.9 Å². The third-order valence-electron chi connectivity index (χ3n) is 2.84. The quantitative estimate of drug-likeness (QED) is 0.469. The van der Waals surface area contributed by atoms with E-state index in [4.69, 9.17) is 12.2 Å². The minimum absolute atomic E-state index is 0.169. The summed E-state index contributed by atoms with van der Waals surface area (Å²) in [5.41, 5.74) is 0. The summed E-state index contributed by atoms with van der Waals surface area (Å²) >= 11 is 5.01. The molecule has 1 aliphatic rings. The molecule has 1 aliphatic heterocycles. The molecule has 19 heavy (non-hydrogen) atoms. The molecule has 0 aliphatic carbocycles. The van der Waals surface area contributed by atoms with Gasteiger partial charge in [0.1, 0.15) is 6.20 Å². The van der Waals surface area contributed by atoms with Crippen molar-refractivity contribution in [1.29, 1.82) is 0 Å². The Morgan fingerprint density at radius 1 is 1.58 bits per heavy atom. The van der Waals surface area contributed by atoms with Crippen molar-refractivity contribution in [3.63, 3.8) is 0 Å². The number of hydrogen-bond donors (Lipinski definition) is 1. The zero-order chi connectivity index (χ0) is 14.2. The van der Waals surface area contributed by atoms with E-state index >= 15 is 0 Å². The highest BCUT2D eigenvalue weighted by Crippen LogP contribution is 2.23. The average Bonchev–Trinajstić information content (AvgIpc) is 2.92. The molecule has 0 radical (unpaired) electrons. The average molecular weight is 284 g/mol. The number of thiocarbonyl (C=S) groups is 1. The fourth-order valence-corrected chi connectivity index (χ4v) is 2.03. The maximum atomic E-state index is 12.1. The van der Waals surface area contributed by atoms with Crippen LogP contribution in [0.5, 0.6) is 0 Å². The summed E-state index contributed by atoms with van der Waals surface area (Å²) in [6.45, 7) is 0.793. The first-order valence-electron chi connectivity index (χ1n) is 5.44. The molecule has 1 aromatic rings. The lowest BCUT2D eigenvalue weighted by molar-refractivity contribution is -0.391. The topological polar surface area (TPSA) is 96.5 Å². The van der Waals surface area contributed by atoms with E-state index in [1.54, 1.807) is 7.05 Å². The molecule has 10 heteroatoms. The van der Waals surface area contributed by atoms with Gasteiger partial charge in [-0.2, -0.15) is 9.55 Å². The molecule has 0 spiro atoms. The molecule has 0 atom stereocenters. The van der Waals surface area contributed by atoms with E-state index in [1.165, 1.54) is 21.4 Å². The molecule has 2 rings (SSSR count). The van der Waals surface area contributed by atoms with Crippen LogP contribution in [-0.4, -0.2) is 50.7 Å². The van der Waals surface area contributed by atoms with E-state index in [2.05, 4.69) is 10.3 Å². The van der Waals surface area contributed by atoms with Crippen molar-refractivity contribution in [2.45, 2.75) is 0 Å². The zero-order valence-electron chi connectivity index (χ0n) is 10.4. The SMILES string of the molecule is CNC(=S)N1CCN(c2ncc([N+](=O)[O-])n2C)C1=O. The molecule has 0 aromatic carbocycles.